The second-order valence-electron chi connectivity index (χ2n) is 4.93. The molecule has 0 radical (unpaired) electrons. The molecule has 2 rings (SSSR count). The summed E-state index contributed by atoms with van der Waals surface area (Å²) in [7, 11) is 1.22. The van der Waals surface area contributed by atoms with E-state index in [4.69, 9.17) is 23.2 Å². The second-order valence-corrected chi connectivity index (χ2v) is 5.69. The van der Waals surface area contributed by atoms with Gasteiger partial charge in [0.1, 0.15) is 5.82 Å². The van der Waals surface area contributed by atoms with Gasteiger partial charge in [0.2, 0.25) is 0 Å². The molecule has 10 heteroatoms. The number of aryl methyl sites for hydroxylation is 1. The van der Waals surface area contributed by atoms with Gasteiger partial charge in [0.15, 0.2) is 5.15 Å². The molecule has 2 aromatic rings. The van der Waals surface area contributed by atoms with Gasteiger partial charge in [-0.2, -0.15) is 13.2 Å². The minimum absolute atomic E-state index is 0.0311. The molecule has 0 atom stereocenters. The molecule has 2 aromatic heterocycles. The summed E-state index contributed by atoms with van der Waals surface area (Å²) in [4.78, 5) is 19.1. The van der Waals surface area contributed by atoms with Crippen molar-refractivity contribution < 1.29 is 22.7 Å². The van der Waals surface area contributed by atoms with Crippen molar-refractivity contribution in [1.82, 2.24) is 14.5 Å². The van der Waals surface area contributed by atoms with Gasteiger partial charge in [-0.25, -0.2) is 9.78 Å². The molecule has 0 aliphatic rings. The van der Waals surface area contributed by atoms with Gasteiger partial charge in [-0.05, 0) is 19.1 Å². The lowest BCUT2D eigenvalue weighted by Gasteiger charge is -2.11. The van der Waals surface area contributed by atoms with Gasteiger partial charge in [0.25, 0.3) is 0 Å². The Morgan fingerprint density at radius 3 is 2.64 bits per heavy atom. The Balaban J connectivity index is 2.38. The topological polar surface area (TPSA) is 57.0 Å². The Bertz CT molecular complexity index is 832. The Labute approximate surface area is 151 Å². The van der Waals surface area contributed by atoms with Crippen LogP contribution in [-0.2, 0) is 22.3 Å². The Morgan fingerprint density at radius 2 is 2.08 bits per heavy atom. The van der Waals surface area contributed by atoms with E-state index in [0.717, 1.165) is 12.1 Å². The summed E-state index contributed by atoms with van der Waals surface area (Å²) >= 11 is 12.0. The van der Waals surface area contributed by atoms with Crippen LogP contribution in [0.3, 0.4) is 0 Å². The Hall–Kier alpha value is -2.06. The number of ether oxygens (including phenoxy) is 1. The molecule has 0 aliphatic heterocycles. The van der Waals surface area contributed by atoms with Crippen molar-refractivity contribution in [2.45, 2.75) is 19.6 Å². The first kappa shape index (κ1) is 19.3. The molecule has 0 aliphatic carbocycles. The number of hydrogen-bond acceptors (Lipinski definition) is 4. The van der Waals surface area contributed by atoms with Crippen LogP contribution in [0.15, 0.2) is 18.3 Å². The third-order valence-corrected chi connectivity index (χ3v) is 3.89. The molecule has 0 bridgehead atoms. The molecular weight excluding hydrogens is 382 g/mol. The van der Waals surface area contributed by atoms with E-state index in [9.17, 15) is 18.0 Å². The minimum Gasteiger partial charge on any atom is -0.466 e. The van der Waals surface area contributed by atoms with E-state index in [0.29, 0.717) is 17.7 Å². The molecular formula is C15H12Cl2F3N3O2. The average molecular weight is 394 g/mol. The molecule has 2 heterocycles. The molecule has 0 N–H and O–H groups in total. The van der Waals surface area contributed by atoms with E-state index >= 15 is 0 Å². The lowest BCUT2D eigenvalue weighted by molar-refractivity contribution is -0.138. The molecule has 0 aromatic carbocycles. The molecule has 0 fully saturated rings. The van der Waals surface area contributed by atoms with Gasteiger partial charge >= 0.3 is 12.1 Å². The van der Waals surface area contributed by atoms with Crippen LogP contribution in [0.1, 0.15) is 22.8 Å². The molecule has 0 saturated carbocycles. The highest BCUT2D eigenvalue weighted by Crippen LogP contribution is 2.31. The fourth-order valence-corrected chi connectivity index (χ4v) is 2.52. The molecule has 134 valence electrons. The molecule has 5 nitrogen and oxygen atoms in total. The van der Waals surface area contributed by atoms with Crippen LogP contribution in [0.4, 0.5) is 13.2 Å². The van der Waals surface area contributed by atoms with Crippen molar-refractivity contribution >= 4 is 35.2 Å². The van der Waals surface area contributed by atoms with Gasteiger partial charge in [0, 0.05) is 12.3 Å². The third-order valence-electron chi connectivity index (χ3n) is 3.28. The highest BCUT2D eigenvalue weighted by molar-refractivity contribution is 6.31. The molecule has 0 unspecified atom stereocenters. The zero-order chi connectivity index (χ0) is 18.8. The van der Waals surface area contributed by atoms with Crippen LogP contribution in [0.5, 0.6) is 0 Å². The van der Waals surface area contributed by atoms with E-state index in [1.807, 2.05) is 0 Å². The maximum Gasteiger partial charge on any atom is 0.417 e. The molecule has 25 heavy (non-hydrogen) atoms. The summed E-state index contributed by atoms with van der Waals surface area (Å²) in [6, 6.07) is 0.807. The summed E-state index contributed by atoms with van der Waals surface area (Å²) in [5.74, 6) is -0.112. The standard InChI is InChI=1S/C15H12Cl2F3N3O2/c1-8-22-14(17)12(3-4-13(24)25-2)23(8)7-11-10(16)5-9(6-21-11)15(18,19)20/h3-6H,7H2,1-2H3/b4-3+. The first-order valence-corrected chi connectivity index (χ1v) is 7.59. The predicted molar refractivity (Wildman–Crippen MR) is 86.4 cm³/mol. The summed E-state index contributed by atoms with van der Waals surface area (Å²) in [6.45, 7) is 1.68. The van der Waals surface area contributed by atoms with Gasteiger partial charge in [0.05, 0.1) is 35.6 Å². The van der Waals surface area contributed by atoms with Crippen molar-refractivity contribution in [3.8, 4) is 0 Å². The van der Waals surface area contributed by atoms with Crippen LogP contribution < -0.4 is 0 Å². The number of aromatic nitrogens is 3. The molecule has 0 spiro atoms. The lowest BCUT2D eigenvalue weighted by atomic mass is 10.2. The summed E-state index contributed by atoms with van der Waals surface area (Å²) in [6.07, 6.45) is -1.27. The molecule has 0 saturated heterocycles. The van der Waals surface area contributed by atoms with Gasteiger partial charge < -0.3 is 9.30 Å². The number of halogens is 5. The third kappa shape index (κ3) is 4.52. The number of hydrogen-bond donors (Lipinski definition) is 0. The van der Waals surface area contributed by atoms with Crippen molar-refractivity contribution in [3.05, 3.63) is 51.3 Å². The van der Waals surface area contributed by atoms with Crippen molar-refractivity contribution in [2.24, 2.45) is 0 Å². The summed E-state index contributed by atoms with van der Waals surface area (Å²) in [5.41, 5.74) is -0.352. The zero-order valence-electron chi connectivity index (χ0n) is 13.1. The van der Waals surface area contributed by atoms with Crippen molar-refractivity contribution in [2.75, 3.05) is 7.11 Å². The number of carbonyl (C=O) groups excluding carboxylic acids is 1. The normalized spacial score (nSPS) is 12.0. The Kier molecular flexibility index (Phi) is 5.74. The van der Waals surface area contributed by atoms with E-state index in [2.05, 4.69) is 14.7 Å². The first-order valence-electron chi connectivity index (χ1n) is 6.83. The van der Waals surface area contributed by atoms with Crippen LogP contribution in [0, 0.1) is 6.92 Å². The highest BCUT2D eigenvalue weighted by atomic mass is 35.5. The number of alkyl halides is 3. The number of nitrogens with zero attached hydrogens (tertiary/aromatic N) is 3. The van der Waals surface area contributed by atoms with Gasteiger partial charge in [-0.15, -0.1) is 0 Å². The summed E-state index contributed by atoms with van der Waals surface area (Å²) < 4.78 is 44.1. The number of methoxy groups -OCH3 is 1. The second kappa shape index (κ2) is 7.45. The maximum absolute atomic E-state index is 12.7. The quantitative estimate of drug-likeness (QED) is 0.578. The number of pyridine rings is 1. The predicted octanol–water partition coefficient (Wildman–Crippen LogP) is 4.15. The number of esters is 1. The van der Waals surface area contributed by atoms with Crippen LogP contribution >= 0.6 is 23.2 Å². The van der Waals surface area contributed by atoms with E-state index in [1.54, 1.807) is 11.5 Å². The average Bonchev–Trinajstić information content (AvgIpc) is 2.79. The number of carbonyl (C=O) groups is 1. The Morgan fingerprint density at radius 1 is 1.40 bits per heavy atom. The minimum atomic E-state index is -4.53. The monoisotopic (exact) mass is 393 g/mol. The highest BCUT2D eigenvalue weighted by Gasteiger charge is 2.31. The van der Waals surface area contributed by atoms with Crippen LogP contribution in [0.25, 0.3) is 6.08 Å². The fourth-order valence-electron chi connectivity index (χ4n) is 2.01. The van der Waals surface area contributed by atoms with Crippen LogP contribution in [0.2, 0.25) is 10.2 Å². The van der Waals surface area contributed by atoms with Gasteiger partial charge in [-0.1, -0.05) is 23.2 Å². The largest absolute Gasteiger partial charge is 0.466 e. The van der Waals surface area contributed by atoms with E-state index < -0.39 is 17.7 Å². The fraction of sp³-hybridized carbons (Fsp3) is 0.267. The first-order chi connectivity index (χ1) is 11.6. The van der Waals surface area contributed by atoms with Crippen molar-refractivity contribution in [3.63, 3.8) is 0 Å². The smallest absolute Gasteiger partial charge is 0.417 e. The summed E-state index contributed by atoms with van der Waals surface area (Å²) in [5, 5.41) is -0.0115. The maximum atomic E-state index is 12.7. The SMILES string of the molecule is COC(=O)/C=C/c1c(Cl)nc(C)n1Cc1ncc(C(F)(F)F)cc1Cl. The molecule has 0 amide bonds. The number of imidazole rings is 1. The zero-order valence-corrected chi connectivity index (χ0v) is 14.6. The van der Waals surface area contributed by atoms with Crippen molar-refractivity contribution in [1.29, 1.82) is 0 Å². The number of rotatable bonds is 4. The van der Waals surface area contributed by atoms with Gasteiger partial charge in [-0.3, -0.25) is 4.98 Å². The van der Waals surface area contributed by atoms with E-state index in [-0.39, 0.29) is 22.4 Å². The van der Waals surface area contributed by atoms with Crippen LogP contribution in [-0.4, -0.2) is 27.6 Å². The lowest BCUT2D eigenvalue weighted by Crippen LogP contribution is -2.10. The van der Waals surface area contributed by atoms with E-state index in [1.165, 1.54) is 13.2 Å².